The molecule has 2 aliphatic rings. The topological polar surface area (TPSA) is 107 Å². The summed E-state index contributed by atoms with van der Waals surface area (Å²) in [5.74, 6) is 0.265. The number of ketones is 1. The van der Waals surface area contributed by atoms with Crippen LogP contribution < -0.4 is 18.9 Å². The summed E-state index contributed by atoms with van der Waals surface area (Å²) in [5.41, 5.74) is 1.72. The number of nitrogens with zero attached hydrogens (tertiary/aromatic N) is 2. The van der Waals surface area contributed by atoms with Gasteiger partial charge in [-0.15, -0.1) is 0 Å². The molecule has 1 atom stereocenters. The SMILES string of the molecule is CCCCOc1ccc(C2C(=C(O)c3ccc4c(c3)OCCO4)C(=O)C(=O)N2Cc2ccncc2)cc1OC. The largest absolute Gasteiger partial charge is 0.507 e. The van der Waals surface area contributed by atoms with Crippen molar-refractivity contribution in [3.63, 3.8) is 0 Å². The number of hydrogen-bond acceptors (Lipinski definition) is 8. The van der Waals surface area contributed by atoms with Gasteiger partial charge in [-0.2, -0.15) is 0 Å². The maximum atomic E-state index is 13.5. The van der Waals surface area contributed by atoms with Crippen molar-refractivity contribution in [2.24, 2.45) is 0 Å². The molecule has 1 fully saturated rings. The zero-order chi connectivity index (χ0) is 27.4. The number of amides is 1. The molecule has 1 N–H and O–H groups in total. The number of fused-ring (bicyclic) bond motifs is 1. The van der Waals surface area contributed by atoms with Gasteiger partial charge in [-0.3, -0.25) is 14.6 Å². The highest BCUT2D eigenvalue weighted by Gasteiger charge is 2.46. The molecule has 202 valence electrons. The Hall–Kier alpha value is -4.53. The van der Waals surface area contributed by atoms with Crippen LogP contribution in [0.25, 0.3) is 5.76 Å². The van der Waals surface area contributed by atoms with E-state index in [0.29, 0.717) is 53.9 Å². The summed E-state index contributed by atoms with van der Waals surface area (Å²) in [7, 11) is 1.54. The van der Waals surface area contributed by atoms with Crippen molar-refractivity contribution in [3.8, 4) is 23.0 Å². The van der Waals surface area contributed by atoms with Crippen molar-refractivity contribution in [2.45, 2.75) is 32.4 Å². The molecule has 0 radical (unpaired) electrons. The summed E-state index contributed by atoms with van der Waals surface area (Å²) >= 11 is 0. The van der Waals surface area contributed by atoms with Crippen LogP contribution in [0.4, 0.5) is 0 Å². The Morgan fingerprint density at radius 2 is 1.79 bits per heavy atom. The van der Waals surface area contributed by atoms with Crippen LogP contribution in [0.3, 0.4) is 0 Å². The summed E-state index contributed by atoms with van der Waals surface area (Å²) in [5, 5.41) is 11.5. The second-order valence-corrected chi connectivity index (χ2v) is 9.25. The van der Waals surface area contributed by atoms with Crippen molar-refractivity contribution in [2.75, 3.05) is 26.9 Å². The fraction of sp³-hybridized carbons (Fsp3) is 0.300. The first-order chi connectivity index (χ1) is 19.0. The molecule has 3 aromatic rings. The molecule has 39 heavy (non-hydrogen) atoms. The first kappa shape index (κ1) is 26.1. The predicted molar refractivity (Wildman–Crippen MR) is 143 cm³/mol. The lowest BCUT2D eigenvalue weighted by molar-refractivity contribution is -0.140. The van der Waals surface area contributed by atoms with Gasteiger partial charge in [0.05, 0.1) is 25.3 Å². The molecule has 2 aliphatic heterocycles. The quantitative estimate of drug-likeness (QED) is 0.184. The normalized spacial score (nSPS) is 17.8. The predicted octanol–water partition coefficient (Wildman–Crippen LogP) is 4.66. The fourth-order valence-corrected chi connectivity index (χ4v) is 4.72. The number of benzene rings is 2. The van der Waals surface area contributed by atoms with E-state index >= 15 is 0 Å². The van der Waals surface area contributed by atoms with Gasteiger partial charge in [0, 0.05) is 24.5 Å². The Balaban J connectivity index is 1.61. The maximum absolute atomic E-state index is 13.5. The first-order valence-corrected chi connectivity index (χ1v) is 12.9. The number of hydrogen-bond donors (Lipinski definition) is 1. The summed E-state index contributed by atoms with van der Waals surface area (Å²) in [4.78, 5) is 32.3. The van der Waals surface area contributed by atoms with Crippen molar-refractivity contribution in [1.82, 2.24) is 9.88 Å². The lowest BCUT2D eigenvalue weighted by Crippen LogP contribution is -2.29. The van der Waals surface area contributed by atoms with Gasteiger partial charge >= 0.3 is 0 Å². The highest BCUT2D eigenvalue weighted by molar-refractivity contribution is 6.46. The van der Waals surface area contributed by atoms with Crippen molar-refractivity contribution in [1.29, 1.82) is 0 Å². The highest BCUT2D eigenvalue weighted by atomic mass is 16.6. The van der Waals surface area contributed by atoms with Gasteiger partial charge in [0.1, 0.15) is 19.0 Å². The second-order valence-electron chi connectivity index (χ2n) is 9.25. The third kappa shape index (κ3) is 5.25. The van der Waals surface area contributed by atoms with Gasteiger partial charge in [0.15, 0.2) is 23.0 Å². The molecule has 1 amide bonds. The number of unbranched alkanes of at least 4 members (excludes halogenated alkanes) is 1. The Labute approximate surface area is 226 Å². The zero-order valence-electron chi connectivity index (χ0n) is 21.9. The number of rotatable bonds is 9. The van der Waals surface area contributed by atoms with E-state index in [4.69, 9.17) is 18.9 Å². The summed E-state index contributed by atoms with van der Waals surface area (Å²) in [6.45, 7) is 3.57. The van der Waals surface area contributed by atoms with Gasteiger partial charge in [0.2, 0.25) is 0 Å². The second kappa shape index (κ2) is 11.5. The Morgan fingerprint density at radius 3 is 2.54 bits per heavy atom. The van der Waals surface area contributed by atoms with Crippen molar-refractivity contribution < 1.29 is 33.6 Å². The number of carbonyl (C=O) groups is 2. The number of carbonyl (C=O) groups excluding carboxylic acids is 2. The smallest absolute Gasteiger partial charge is 0.295 e. The number of ether oxygens (including phenoxy) is 4. The number of pyridine rings is 1. The lowest BCUT2D eigenvalue weighted by Gasteiger charge is -2.26. The van der Waals surface area contributed by atoms with Gasteiger partial charge in [-0.05, 0) is 60.0 Å². The number of aliphatic hydroxyl groups is 1. The Bertz CT molecular complexity index is 1400. The monoisotopic (exact) mass is 530 g/mol. The average molecular weight is 531 g/mol. The standard InChI is InChI=1S/C30H30N2O7/c1-3-4-13-37-22-7-5-20(16-24(22)36-2)27-26(28(33)21-6-8-23-25(17-21)39-15-14-38-23)29(34)30(35)32(27)18-19-9-11-31-12-10-19/h5-12,16-17,27,33H,3-4,13-15,18H2,1-2H3. The molecule has 1 aromatic heterocycles. The van der Waals surface area contributed by atoms with Gasteiger partial charge in [0.25, 0.3) is 11.7 Å². The van der Waals surface area contributed by atoms with Crippen LogP contribution in [0.5, 0.6) is 23.0 Å². The lowest BCUT2D eigenvalue weighted by atomic mass is 9.94. The minimum atomic E-state index is -0.870. The maximum Gasteiger partial charge on any atom is 0.295 e. The fourth-order valence-electron chi connectivity index (χ4n) is 4.72. The Kier molecular flexibility index (Phi) is 7.67. The van der Waals surface area contributed by atoms with E-state index in [9.17, 15) is 14.7 Å². The molecule has 3 heterocycles. The number of aliphatic hydroxyl groups excluding tert-OH is 1. The van der Waals surface area contributed by atoms with Crippen molar-refractivity contribution in [3.05, 3.63) is 83.2 Å². The summed E-state index contributed by atoms with van der Waals surface area (Å²) in [6.07, 6.45) is 5.14. The van der Waals surface area contributed by atoms with E-state index < -0.39 is 17.7 Å². The Morgan fingerprint density at radius 1 is 1.03 bits per heavy atom. The molecular weight excluding hydrogens is 500 g/mol. The summed E-state index contributed by atoms with van der Waals surface area (Å²) in [6, 6.07) is 12.9. The molecule has 2 aromatic carbocycles. The van der Waals surface area contributed by atoms with Crippen LogP contribution in [-0.2, 0) is 16.1 Å². The van der Waals surface area contributed by atoms with Crippen LogP contribution in [0.1, 0.15) is 42.5 Å². The third-order valence-corrected chi connectivity index (χ3v) is 6.72. The molecule has 1 unspecified atom stereocenters. The van der Waals surface area contributed by atoms with E-state index in [0.717, 1.165) is 18.4 Å². The van der Waals surface area contributed by atoms with Crippen LogP contribution in [-0.4, -0.2) is 53.6 Å². The molecule has 0 spiro atoms. The van der Waals surface area contributed by atoms with Crippen LogP contribution in [0, 0.1) is 0 Å². The third-order valence-electron chi connectivity index (χ3n) is 6.72. The number of Topliss-reactive ketones (excluding diaryl/α,β-unsaturated/α-hetero) is 1. The molecule has 9 heteroatoms. The average Bonchev–Trinajstić information content (AvgIpc) is 3.22. The number of aromatic nitrogens is 1. The molecule has 0 aliphatic carbocycles. The van der Waals surface area contributed by atoms with Crippen LogP contribution in [0.15, 0.2) is 66.5 Å². The molecule has 9 nitrogen and oxygen atoms in total. The molecule has 1 saturated heterocycles. The first-order valence-electron chi connectivity index (χ1n) is 12.9. The van der Waals surface area contributed by atoms with Crippen molar-refractivity contribution >= 4 is 17.4 Å². The number of methoxy groups -OCH3 is 1. The molecule has 0 bridgehead atoms. The van der Waals surface area contributed by atoms with Crippen LogP contribution >= 0.6 is 0 Å². The van der Waals surface area contributed by atoms with Crippen LogP contribution in [0.2, 0.25) is 0 Å². The molecular formula is C30H30N2O7. The molecule has 0 saturated carbocycles. The zero-order valence-corrected chi connectivity index (χ0v) is 21.9. The molecule has 5 rings (SSSR count). The van der Waals surface area contributed by atoms with E-state index in [-0.39, 0.29) is 17.9 Å². The van der Waals surface area contributed by atoms with E-state index in [1.54, 1.807) is 60.9 Å². The van der Waals surface area contributed by atoms with Gasteiger partial charge in [-0.25, -0.2) is 0 Å². The minimum absolute atomic E-state index is 0.0209. The van der Waals surface area contributed by atoms with E-state index in [2.05, 4.69) is 11.9 Å². The van der Waals surface area contributed by atoms with Gasteiger partial charge < -0.3 is 29.0 Å². The van der Waals surface area contributed by atoms with E-state index in [1.807, 2.05) is 0 Å². The number of likely N-dealkylation sites (tertiary alicyclic amines) is 1. The highest BCUT2D eigenvalue weighted by Crippen LogP contribution is 2.43. The van der Waals surface area contributed by atoms with E-state index in [1.165, 1.54) is 12.0 Å². The van der Waals surface area contributed by atoms with Gasteiger partial charge in [-0.1, -0.05) is 19.4 Å². The summed E-state index contributed by atoms with van der Waals surface area (Å²) < 4.78 is 22.7. The minimum Gasteiger partial charge on any atom is -0.507 e.